The van der Waals surface area contributed by atoms with E-state index in [9.17, 15) is 9.18 Å². The number of piperazine rings is 1. The quantitative estimate of drug-likeness (QED) is 0.849. The molecule has 1 aromatic heterocycles. The maximum absolute atomic E-state index is 13.1. The average Bonchev–Trinajstić information content (AvgIpc) is 3.16. The zero-order valence-electron chi connectivity index (χ0n) is 16.9. The third-order valence-electron chi connectivity index (χ3n) is 5.84. The van der Waals surface area contributed by atoms with Gasteiger partial charge in [-0.25, -0.2) is 14.4 Å². The van der Waals surface area contributed by atoms with Crippen molar-refractivity contribution >= 4 is 17.4 Å². The lowest BCUT2D eigenvalue weighted by Gasteiger charge is -2.36. The molecule has 0 radical (unpaired) electrons. The fourth-order valence-electron chi connectivity index (χ4n) is 3.96. The average molecular weight is 398 g/mol. The van der Waals surface area contributed by atoms with Gasteiger partial charge in [0.25, 0.3) is 5.91 Å². The Morgan fingerprint density at radius 1 is 1.03 bits per heavy atom. The third kappa shape index (κ3) is 4.03. The van der Waals surface area contributed by atoms with E-state index < -0.39 is 0 Å². The zero-order chi connectivity index (χ0) is 20.5. The van der Waals surface area contributed by atoms with Gasteiger partial charge >= 0.3 is 0 Å². The summed E-state index contributed by atoms with van der Waals surface area (Å²) in [6.07, 6.45) is 0.928. The molecule has 1 atom stereocenters. The highest BCUT2D eigenvalue weighted by Crippen LogP contribution is 2.24. The highest BCUT2D eigenvalue weighted by atomic mass is 19.1. The summed E-state index contributed by atoms with van der Waals surface area (Å²) >= 11 is 0. The second kappa shape index (κ2) is 7.94. The number of hydrogen-bond donors (Lipinski definition) is 1. The number of aryl methyl sites for hydroxylation is 1. The van der Waals surface area contributed by atoms with Crippen molar-refractivity contribution in [1.82, 2.24) is 14.9 Å². The molecule has 7 nitrogen and oxygen atoms in total. The van der Waals surface area contributed by atoms with Gasteiger partial charge in [0.1, 0.15) is 11.6 Å². The lowest BCUT2D eigenvalue weighted by Crippen LogP contribution is -2.49. The maximum atomic E-state index is 13.1. The fraction of sp³-hybridized carbons (Fsp3) is 0.476. The molecule has 2 aromatic rings. The molecule has 2 aliphatic heterocycles. The van der Waals surface area contributed by atoms with Crippen LogP contribution in [-0.4, -0.2) is 66.1 Å². The molecule has 1 aromatic carbocycles. The minimum Gasteiger partial charge on any atom is -0.368 e. The molecular weight excluding hydrogens is 371 g/mol. The Morgan fingerprint density at radius 2 is 1.72 bits per heavy atom. The molecule has 8 heteroatoms. The highest BCUT2D eigenvalue weighted by Gasteiger charge is 2.28. The predicted octanol–water partition coefficient (Wildman–Crippen LogP) is 1.73. The lowest BCUT2D eigenvalue weighted by molar-refractivity contribution is 0.0734. The number of benzene rings is 1. The Bertz CT molecular complexity index is 895. The number of nitrogens with zero attached hydrogens (tertiary/aromatic N) is 5. The molecule has 2 fully saturated rings. The summed E-state index contributed by atoms with van der Waals surface area (Å²) in [6.45, 7) is 8.05. The highest BCUT2D eigenvalue weighted by molar-refractivity contribution is 5.91. The van der Waals surface area contributed by atoms with Crippen LogP contribution in [0.2, 0.25) is 0 Å². The molecule has 0 aliphatic carbocycles. The number of nitrogens with two attached hydrogens (primary N) is 1. The van der Waals surface area contributed by atoms with Crippen LogP contribution in [0.4, 0.5) is 15.9 Å². The van der Waals surface area contributed by atoms with Crippen LogP contribution in [0.25, 0.3) is 0 Å². The number of carbonyl (C=O) groups excluding carboxylic acids is 1. The first-order valence-corrected chi connectivity index (χ1v) is 10.1. The smallest absolute Gasteiger partial charge is 0.291 e. The number of amides is 1. The standard InChI is InChI=1S/C21H27FN6O/c1-14-15(2)24-19(25-20(14)28-8-7-17(23)13-28)21(29)27-11-9-26(10-12-27)18-5-3-16(22)4-6-18/h3-6,17H,7-13,23H2,1-2H3/t17-/m1/s1. The Balaban J connectivity index is 1.47. The molecule has 0 bridgehead atoms. The molecule has 2 N–H and O–H groups in total. The number of rotatable bonds is 3. The lowest BCUT2D eigenvalue weighted by atomic mass is 10.2. The van der Waals surface area contributed by atoms with E-state index >= 15 is 0 Å². The van der Waals surface area contributed by atoms with Crippen LogP contribution in [0.15, 0.2) is 24.3 Å². The van der Waals surface area contributed by atoms with Crippen molar-refractivity contribution in [2.45, 2.75) is 26.3 Å². The zero-order valence-corrected chi connectivity index (χ0v) is 16.9. The van der Waals surface area contributed by atoms with Gasteiger partial charge in [-0.3, -0.25) is 4.79 Å². The second-order valence-corrected chi connectivity index (χ2v) is 7.83. The molecule has 0 saturated carbocycles. The number of carbonyl (C=O) groups is 1. The SMILES string of the molecule is Cc1nc(C(=O)N2CCN(c3ccc(F)cc3)CC2)nc(N2CC[C@@H](N)C2)c1C. The minimum absolute atomic E-state index is 0.142. The summed E-state index contributed by atoms with van der Waals surface area (Å²) < 4.78 is 13.1. The number of halogens is 1. The van der Waals surface area contributed by atoms with E-state index in [-0.39, 0.29) is 23.6 Å². The van der Waals surface area contributed by atoms with Gasteiger partial charge in [-0.05, 0) is 44.5 Å². The molecule has 154 valence electrons. The van der Waals surface area contributed by atoms with Crippen molar-refractivity contribution in [3.05, 3.63) is 47.2 Å². The first kappa shape index (κ1) is 19.6. The van der Waals surface area contributed by atoms with E-state index in [2.05, 4.69) is 19.8 Å². The Labute approximate surface area is 170 Å². The molecular formula is C21H27FN6O. The van der Waals surface area contributed by atoms with Crippen LogP contribution < -0.4 is 15.5 Å². The van der Waals surface area contributed by atoms with Crippen molar-refractivity contribution in [2.75, 3.05) is 49.1 Å². The van der Waals surface area contributed by atoms with E-state index in [1.165, 1.54) is 12.1 Å². The van der Waals surface area contributed by atoms with E-state index in [1.807, 2.05) is 13.8 Å². The molecule has 3 heterocycles. The topological polar surface area (TPSA) is 78.6 Å². The van der Waals surface area contributed by atoms with Crippen LogP contribution >= 0.6 is 0 Å². The summed E-state index contributed by atoms with van der Waals surface area (Å²) in [6, 6.07) is 6.60. The Hall–Kier alpha value is -2.74. The van der Waals surface area contributed by atoms with E-state index in [0.717, 1.165) is 42.3 Å². The van der Waals surface area contributed by atoms with Gasteiger partial charge in [-0.1, -0.05) is 0 Å². The summed E-state index contributed by atoms with van der Waals surface area (Å²) in [5.74, 6) is 0.679. The molecule has 2 aliphatic rings. The maximum Gasteiger partial charge on any atom is 0.291 e. The van der Waals surface area contributed by atoms with Gasteiger partial charge in [0.05, 0.1) is 0 Å². The summed E-state index contributed by atoms with van der Waals surface area (Å²) in [4.78, 5) is 28.3. The molecule has 0 unspecified atom stereocenters. The van der Waals surface area contributed by atoms with Crippen molar-refractivity contribution in [2.24, 2.45) is 5.73 Å². The largest absolute Gasteiger partial charge is 0.368 e. The minimum atomic E-state index is -0.246. The first-order valence-electron chi connectivity index (χ1n) is 10.1. The monoisotopic (exact) mass is 398 g/mol. The summed E-state index contributed by atoms with van der Waals surface area (Å²) in [5, 5.41) is 0. The second-order valence-electron chi connectivity index (χ2n) is 7.83. The normalized spacial score (nSPS) is 19.7. The number of hydrogen-bond acceptors (Lipinski definition) is 6. The third-order valence-corrected chi connectivity index (χ3v) is 5.84. The number of anilines is 2. The summed E-state index contributed by atoms with van der Waals surface area (Å²) in [7, 11) is 0. The van der Waals surface area contributed by atoms with Crippen molar-refractivity contribution in [3.63, 3.8) is 0 Å². The van der Waals surface area contributed by atoms with E-state index in [4.69, 9.17) is 5.73 Å². The van der Waals surface area contributed by atoms with E-state index in [0.29, 0.717) is 26.2 Å². The Morgan fingerprint density at radius 3 is 2.34 bits per heavy atom. The van der Waals surface area contributed by atoms with Crippen molar-refractivity contribution < 1.29 is 9.18 Å². The van der Waals surface area contributed by atoms with Crippen LogP contribution in [0, 0.1) is 19.7 Å². The van der Waals surface area contributed by atoms with Crippen LogP contribution in [0.1, 0.15) is 28.3 Å². The predicted molar refractivity (Wildman–Crippen MR) is 111 cm³/mol. The van der Waals surface area contributed by atoms with Gasteiger partial charge in [-0.2, -0.15) is 0 Å². The van der Waals surface area contributed by atoms with Gasteiger partial charge in [-0.15, -0.1) is 0 Å². The van der Waals surface area contributed by atoms with Crippen molar-refractivity contribution in [3.8, 4) is 0 Å². The molecule has 1 amide bonds. The van der Waals surface area contributed by atoms with Gasteiger partial charge in [0.15, 0.2) is 0 Å². The summed E-state index contributed by atoms with van der Waals surface area (Å²) in [5.41, 5.74) is 8.84. The van der Waals surface area contributed by atoms with Crippen LogP contribution in [0.5, 0.6) is 0 Å². The van der Waals surface area contributed by atoms with Crippen LogP contribution in [0.3, 0.4) is 0 Å². The van der Waals surface area contributed by atoms with Gasteiger partial charge in [0, 0.05) is 62.3 Å². The molecule has 2 saturated heterocycles. The van der Waals surface area contributed by atoms with Gasteiger partial charge < -0.3 is 20.4 Å². The number of aromatic nitrogens is 2. The molecule has 0 spiro atoms. The van der Waals surface area contributed by atoms with Gasteiger partial charge in [0.2, 0.25) is 5.82 Å². The first-order chi connectivity index (χ1) is 13.9. The molecule has 29 heavy (non-hydrogen) atoms. The Kier molecular flexibility index (Phi) is 5.36. The van der Waals surface area contributed by atoms with Crippen LogP contribution in [-0.2, 0) is 0 Å². The molecule has 4 rings (SSSR count). The van der Waals surface area contributed by atoms with Crippen molar-refractivity contribution in [1.29, 1.82) is 0 Å². The fourth-order valence-corrected chi connectivity index (χ4v) is 3.96. The van der Waals surface area contributed by atoms with E-state index in [1.54, 1.807) is 17.0 Å².